The molecule has 0 aliphatic rings. The molecule has 10 nitrogen and oxygen atoms in total. The number of halogens is 1. The summed E-state index contributed by atoms with van der Waals surface area (Å²) in [6, 6.07) is 12.6. The fraction of sp³-hybridized carbons (Fsp3) is 0.200. The predicted molar refractivity (Wildman–Crippen MR) is 121 cm³/mol. The molecule has 166 valence electrons. The second-order valence-corrected chi connectivity index (χ2v) is 7.80. The normalized spacial score (nSPS) is 10.6. The highest BCUT2D eigenvalue weighted by Crippen LogP contribution is 2.27. The number of thioether (sulfide) groups is 1. The van der Waals surface area contributed by atoms with Gasteiger partial charge in [-0.15, -0.1) is 10.2 Å². The van der Waals surface area contributed by atoms with Crippen LogP contribution in [0.4, 0.5) is 11.4 Å². The van der Waals surface area contributed by atoms with E-state index in [4.69, 9.17) is 11.6 Å². The highest BCUT2D eigenvalue weighted by atomic mass is 35.5. The summed E-state index contributed by atoms with van der Waals surface area (Å²) in [7, 11) is 0. The van der Waals surface area contributed by atoms with E-state index in [1.54, 1.807) is 28.8 Å². The van der Waals surface area contributed by atoms with Gasteiger partial charge in [-0.25, -0.2) is 0 Å². The van der Waals surface area contributed by atoms with E-state index in [0.717, 1.165) is 11.8 Å². The Morgan fingerprint density at radius 3 is 2.62 bits per heavy atom. The Kier molecular flexibility index (Phi) is 7.79. The van der Waals surface area contributed by atoms with Gasteiger partial charge in [-0.2, -0.15) is 0 Å². The fourth-order valence-electron chi connectivity index (χ4n) is 2.76. The molecule has 0 spiro atoms. The maximum absolute atomic E-state index is 12.3. The van der Waals surface area contributed by atoms with Crippen LogP contribution >= 0.6 is 23.4 Å². The first-order valence-electron chi connectivity index (χ1n) is 9.51. The number of carbonyl (C=O) groups is 2. The van der Waals surface area contributed by atoms with Crippen molar-refractivity contribution in [3.63, 3.8) is 0 Å². The van der Waals surface area contributed by atoms with E-state index < -0.39 is 10.8 Å². The lowest BCUT2D eigenvalue weighted by Crippen LogP contribution is -2.24. The molecule has 0 atom stereocenters. The van der Waals surface area contributed by atoms with Crippen LogP contribution in [-0.2, 0) is 17.9 Å². The number of carbonyl (C=O) groups excluding carboxylic acids is 2. The van der Waals surface area contributed by atoms with Crippen molar-refractivity contribution >= 4 is 46.6 Å². The van der Waals surface area contributed by atoms with Crippen LogP contribution in [0.1, 0.15) is 23.1 Å². The summed E-state index contributed by atoms with van der Waals surface area (Å²) >= 11 is 7.17. The van der Waals surface area contributed by atoms with Crippen molar-refractivity contribution in [3.8, 4) is 0 Å². The van der Waals surface area contributed by atoms with Crippen molar-refractivity contribution in [2.75, 3.05) is 11.1 Å². The van der Waals surface area contributed by atoms with Gasteiger partial charge in [-0.1, -0.05) is 41.6 Å². The Morgan fingerprint density at radius 2 is 1.94 bits per heavy atom. The minimum absolute atomic E-state index is 0.00642. The van der Waals surface area contributed by atoms with Gasteiger partial charge in [0, 0.05) is 24.2 Å². The lowest BCUT2D eigenvalue weighted by Gasteiger charge is -2.09. The third kappa shape index (κ3) is 5.83. The maximum Gasteiger partial charge on any atom is 0.271 e. The maximum atomic E-state index is 12.3. The van der Waals surface area contributed by atoms with Gasteiger partial charge in [-0.05, 0) is 25.1 Å². The molecule has 0 unspecified atom stereocenters. The van der Waals surface area contributed by atoms with Crippen molar-refractivity contribution in [3.05, 3.63) is 75.1 Å². The first-order valence-corrected chi connectivity index (χ1v) is 10.9. The molecule has 32 heavy (non-hydrogen) atoms. The van der Waals surface area contributed by atoms with Gasteiger partial charge in [0.15, 0.2) is 11.0 Å². The quantitative estimate of drug-likeness (QED) is 0.275. The second kappa shape index (κ2) is 10.7. The third-order valence-corrected chi connectivity index (χ3v) is 5.62. The molecule has 1 heterocycles. The Labute approximate surface area is 192 Å². The van der Waals surface area contributed by atoms with Crippen molar-refractivity contribution < 1.29 is 14.5 Å². The van der Waals surface area contributed by atoms with Crippen LogP contribution in [0, 0.1) is 10.1 Å². The zero-order valence-electron chi connectivity index (χ0n) is 16.9. The molecule has 0 bridgehead atoms. The largest absolute Gasteiger partial charge is 0.345 e. The number of aromatic nitrogens is 3. The predicted octanol–water partition coefficient (Wildman–Crippen LogP) is 3.52. The number of nitrogens with one attached hydrogen (secondary N) is 2. The number of amides is 2. The highest BCUT2D eigenvalue weighted by Gasteiger charge is 2.16. The van der Waals surface area contributed by atoms with E-state index in [1.165, 1.54) is 18.2 Å². The molecular formula is C20H19ClN6O4S. The van der Waals surface area contributed by atoms with Gasteiger partial charge in [0.25, 0.3) is 11.6 Å². The van der Waals surface area contributed by atoms with Crippen LogP contribution in [0.15, 0.2) is 53.7 Å². The number of hydrogen-bond donors (Lipinski definition) is 2. The summed E-state index contributed by atoms with van der Waals surface area (Å²) in [6.45, 7) is 2.63. The van der Waals surface area contributed by atoms with E-state index in [2.05, 4.69) is 20.8 Å². The molecule has 0 radical (unpaired) electrons. The minimum Gasteiger partial charge on any atom is -0.345 e. The highest BCUT2D eigenvalue weighted by molar-refractivity contribution is 7.99. The molecule has 2 aromatic carbocycles. The zero-order chi connectivity index (χ0) is 23.1. The topological polar surface area (TPSA) is 132 Å². The molecule has 3 aromatic rings. The number of hydrogen-bond acceptors (Lipinski definition) is 7. The van der Waals surface area contributed by atoms with Crippen LogP contribution < -0.4 is 10.6 Å². The van der Waals surface area contributed by atoms with Crippen LogP contribution in [0.3, 0.4) is 0 Å². The van der Waals surface area contributed by atoms with Gasteiger partial charge in [-0.3, -0.25) is 19.7 Å². The molecule has 0 aliphatic heterocycles. The standard InChI is InChI=1S/C20H19ClN6O4S/c1-2-26-17(11-22-19(29)13-6-4-3-5-7-13)24-25-20(26)32-12-18(28)23-16-10-14(27(30)31)8-9-15(16)21/h3-10H,2,11-12H2,1H3,(H,22,29)(H,23,28). The van der Waals surface area contributed by atoms with E-state index >= 15 is 0 Å². The molecule has 1 aromatic heterocycles. The summed E-state index contributed by atoms with van der Waals surface area (Å²) in [5.41, 5.74) is 0.527. The lowest BCUT2D eigenvalue weighted by molar-refractivity contribution is -0.384. The van der Waals surface area contributed by atoms with Gasteiger partial charge in [0.1, 0.15) is 0 Å². The number of nitro benzene ring substituents is 1. The first kappa shape index (κ1) is 23.2. The molecule has 0 saturated heterocycles. The summed E-state index contributed by atoms with van der Waals surface area (Å²) in [6.07, 6.45) is 0. The Bertz CT molecular complexity index is 1140. The Hall–Kier alpha value is -3.44. The Balaban J connectivity index is 1.59. The summed E-state index contributed by atoms with van der Waals surface area (Å²) in [4.78, 5) is 34.9. The monoisotopic (exact) mass is 474 g/mol. The fourth-order valence-corrected chi connectivity index (χ4v) is 3.75. The molecule has 0 fully saturated rings. The summed E-state index contributed by atoms with van der Waals surface area (Å²) in [5.74, 6) is -0.0740. The van der Waals surface area contributed by atoms with Crippen molar-refractivity contribution in [1.82, 2.24) is 20.1 Å². The number of benzene rings is 2. The summed E-state index contributed by atoms with van der Waals surface area (Å²) in [5, 5.41) is 25.2. The molecule has 0 aliphatic carbocycles. The lowest BCUT2D eigenvalue weighted by atomic mass is 10.2. The third-order valence-electron chi connectivity index (χ3n) is 4.32. The van der Waals surface area contributed by atoms with E-state index in [0.29, 0.717) is 23.1 Å². The molecular weight excluding hydrogens is 456 g/mol. The SMILES string of the molecule is CCn1c(CNC(=O)c2ccccc2)nnc1SCC(=O)Nc1cc([N+](=O)[O-])ccc1Cl. The number of nitrogens with zero attached hydrogens (tertiary/aromatic N) is 4. The van der Waals surface area contributed by atoms with Crippen molar-refractivity contribution in [2.24, 2.45) is 0 Å². The minimum atomic E-state index is -0.567. The van der Waals surface area contributed by atoms with Gasteiger partial charge < -0.3 is 15.2 Å². The van der Waals surface area contributed by atoms with Crippen LogP contribution in [0.2, 0.25) is 5.02 Å². The number of anilines is 1. The molecule has 12 heteroatoms. The number of nitro groups is 1. The second-order valence-electron chi connectivity index (χ2n) is 6.45. The number of non-ortho nitro benzene ring substituents is 1. The molecule has 2 N–H and O–H groups in total. The zero-order valence-corrected chi connectivity index (χ0v) is 18.5. The molecule has 2 amide bonds. The average Bonchev–Trinajstić information content (AvgIpc) is 3.19. The van der Waals surface area contributed by atoms with E-state index in [1.807, 2.05) is 13.0 Å². The van der Waals surface area contributed by atoms with E-state index in [9.17, 15) is 19.7 Å². The smallest absolute Gasteiger partial charge is 0.271 e. The van der Waals surface area contributed by atoms with Crippen LogP contribution in [0.5, 0.6) is 0 Å². The van der Waals surface area contributed by atoms with Crippen molar-refractivity contribution in [1.29, 1.82) is 0 Å². The Morgan fingerprint density at radius 1 is 1.19 bits per heavy atom. The van der Waals surface area contributed by atoms with Crippen molar-refractivity contribution in [2.45, 2.75) is 25.2 Å². The summed E-state index contributed by atoms with van der Waals surface area (Å²) < 4.78 is 1.80. The van der Waals surface area contributed by atoms with Crippen LogP contribution in [-0.4, -0.2) is 37.3 Å². The van der Waals surface area contributed by atoms with Crippen LogP contribution in [0.25, 0.3) is 0 Å². The molecule has 3 rings (SSSR count). The van der Waals surface area contributed by atoms with Gasteiger partial charge in [0.05, 0.1) is 27.9 Å². The van der Waals surface area contributed by atoms with E-state index in [-0.39, 0.29) is 34.6 Å². The number of rotatable bonds is 9. The molecule has 0 saturated carbocycles. The first-order chi connectivity index (χ1) is 15.4. The average molecular weight is 475 g/mol. The van der Waals surface area contributed by atoms with Gasteiger partial charge >= 0.3 is 0 Å². The van der Waals surface area contributed by atoms with Gasteiger partial charge in [0.2, 0.25) is 5.91 Å².